The second kappa shape index (κ2) is 8.35. The Morgan fingerprint density at radius 1 is 0.871 bits per heavy atom. The number of hydrogen-bond acceptors (Lipinski definition) is 2. The molecule has 8 unspecified atom stereocenters. The van der Waals surface area contributed by atoms with E-state index in [0.29, 0.717) is 16.7 Å². The zero-order valence-electron chi connectivity index (χ0n) is 21.7. The highest BCUT2D eigenvalue weighted by molar-refractivity contribution is 5.90. The van der Waals surface area contributed by atoms with Gasteiger partial charge < -0.3 is 5.21 Å². The minimum atomic E-state index is 0.0522. The molecule has 0 heterocycles. The number of oxime groups is 1. The van der Waals surface area contributed by atoms with Crippen LogP contribution in [0.25, 0.3) is 0 Å². The van der Waals surface area contributed by atoms with Crippen molar-refractivity contribution in [1.82, 2.24) is 0 Å². The first-order valence-corrected chi connectivity index (χ1v) is 13.8. The highest BCUT2D eigenvalue weighted by Crippen LogP contribution is 2.70. The lowest BCUT2D eigenvalue weighted by Gasteiger charge is -2.64. The zero-order chi connectivity index (χ0) is 22.6. The second-order valence-corrected chi connectivity index (χ2v) is 13.8. The molecule has 1 N–H and O–H groups in total. The highest BCUT2D eigenvalue weighted by atomic mass is 16.4. The largest absolute Gasteiger partial charge is 0.411 e. The first-order chi connectivity index (χ1) is 14.6. The maximum atomic E-state index is 9.65. The number of hydrogen-bond donors (Lipinski definition) is 1. The van der Waals surface area contributed by atoms with E-state index in [9.17, 15) is 5.21 Å². The van der Waals surface area contributed by atoms with Gasteiger partial charge >= 0.3 is 0 Å². The van der Waals surface area contributed by atoms with Crippen LogP contribution >= 0.6 is 0 Å². The van der Waals surface area contributed by atoms with Gasteiger partial charge in [0.05, 0.1) is 5.71 Å². The molecule has 4 aliphatic carbocycles. The van der Waals surface area contributed by atoms with Gasteiger partial charge in [0.15, 0.2) is 0 Å². The van der Waals surface area contributed by atoms with Gasteiger partial charge in [0.2, 0.25) is 0 Å². The first kappa shape index (κ1) is 23.6. The molecule has 0 spiro atoms. The quantitative estimate of drug-likeness (QED) is 0.344. The molecule has 4 aliphatic rings. The zero-order valence-corrected chi connectivity index (χ0v) is 21.7. The third-order valence-corrected chi connectivity index (χ3v) is 11.7. The summed E-state index contributed by atoms with van der Waals surface area (Å²) in [6.07, 6.45) is 15.1. The molecule has 0 aromatic rings. The lowest BCUT2D eigenvalue weighted by molar-refractivity contribution is -0.126. The van der Waals surface area contributed by atoms with Gasteiger partial charge in [-0.25, -0.2) is 0 Å². The topological polar surface area (TPSA) is 32.6 Å². The Bertz CT molecular complexity index is 680. The SMILES string of the molecule is CC(C)CCCC(C)C1CCC2C3CCC4C(C)(C)/C(=N/O)CCC4(C)C3CCC12C. The van der Waals surface area contributed by atoms with Crippen LogP contribution in [0.4, 0.5) is 0 Å². The van der Waals surface area contributed by atoms with E-state index in [1.807, 2.05) is 0 Å². The Morgan fingerprint density at radius 3 is 2.26 bits per heavy atom. The van der Waals surface area contributed by atoms with Gasteiger partial charge in [0.1, 0.15) is 0 Å². The van der Waals surface area contributed by atoms with Gasteiger partial charge in [-0.2, -0.15) is 0 Å². The van der Waals surface area contributed by atoms with Crippen molar-refractivity contribution < 1.29 is 5.21 Å². The van der Waals surface area contributed by atoms with Crippen molar-refractivity contribution >= 4 is 5.71 Å². The van der Waals surface area contributed by atoms with Crippen LogP contribution in [0.1, 0.15) is 119 Å². The summed E-state index contributed by atoms with van der Waals surface area (Å²) in [6, 6.07) is 0. The molecule has 4 rings (SSSR count). The molecule has 0 aromatic carbocycles. The fraction of sp³-hybridized carbons (Fsp3) is 0.966. The fourth-order valence-corrected chi connectivity index (χ4v) is 10.1. The minimum Gasteiger partial charge on any atom is -0.411 e. The van der Waals surface area contributed by atoms with E-state index in [2.05, 4.69) is 53.6 Å². The molecule has 31 heavy (non-hydrogen) atoms. The number of nitrogens with zero attached hydrogens (tertiary/aromatic N) is 1. The van der Waals surface area contributed by atoms with E-state index in [0.717, 1.165) is 47.6 Å². The van der Waals surface area contributed by atoms with Crippen LogP contribution in [0.5, 0.6) is 0 Å². The van der Waals surface area contributed by atoms with Crippen molar-refractivity contribution in [1.29, 1.82) is 0 Å². The molecular formula is C29H51NO. The maximum Gasteiger partial charge on any atom is 0.0630 e. The third-order valence-electron chi connectivity index (χ3n) is 11.7. The summed E-state index contributed by atoms with van der Waals surface area (Å²) < 4.78 is 0. The van der Waals surface area contributed by atoms with Crippen molar-refractivity contribution in [3.05, 3.63) is 0 Å². The van der Waals surface area contributed by atoms with Crippen molar-refractivity contribution in [2.24, 2.45) is 62.8 Å². The maximum absolute atomic E-state index is 9.65. The van der Waals surface area contributed by atoms with Crippen molar-refractivity contribution in [2.45, 2.75) is 119 Å². The molecule has 0 radical (unpaired) electrons. The number of rotatable bonds is 5. The second-order valence-electron chi connectivity index (χ2n) is 13.8. The molecule has 8 atom stereocenters. The highest BCUT2D eigenvalue weighted by Gasteiger charge is 2.63. The standard InChI is InChI=1S/C29H51NO/c1-19(2)9-8-10-20(3)22-12-13-23-21-11-14-25-27(4,5)26(30-31)16-18-29(25,7)24(21)15-17-28(22,23)6/h19-25,31H,8-18H2,1-7H3/b30-26+. The Morgan fingerprint density at radius 2 is 1.58 bits per heavy atom. The molecule has 0 bridgehead atoms. The molecule has 0 aliphatic heterocycles. The third kappa shape index (κ3) is 3.71. The van der Waals surface area contributed by atoms with Crippen LogP contribution < -0.4 is 0 Å². The molecule has 178 valence electrons. The molecule has 0 aromatic heterocycles. The van der Waals surface area contributed by atoms with Gasteiger partial charge in [-0.3, -0.25) is 0 Å². The molecule has 2 heteroatoms. The summed E-state index contributed by atoms with van der Waals surface area (Å²) >= 11 is 0. The summed E-state index contributed by atoms with van der Waals surface area (Å²) in [7, 11) is 0. The monoisotopic (exact) mass is 429 g/mol. The minimum absolute atomic E-state index is 0.0522. The molecular weight excluding hydrogens is 378 g/mol. The van der Waals surface area contributed by atoms with Gasteiger partial charge in [-0.15, -0.1) is 0 Å². The number of fused-ring (bicyclic) bond motifs is 5. The lowest BCUT2D eigenvalue weighted by atomic mass is 9.41. The Hall–Kier alpha value is -0.530. The smallest absolute Gasteiger partial charge is 0.0630 e. The van der Waals surface area contributed by atoms with Gasteiger partial charge in [0.25, 0.3) is 0 Å². The van der Waals surface area contributed by atoms with Crippen molar-refractivity contribution in [3.8, 4) is 0 Å². The Balaban J connectivity index is 1.51. The van der Waals surface area contributed by atoms with Crippen molar-refractivity contribution in [2.75, 3.05) is 0 Å². The average molecular weight is 430 g/mol. The summed E-state index contributed by atoms with van der Waals surface area (Å²) in [5.41, 5.74) is 2.13. The summed E-state index contributed by atoms with van der Waals surface area (Å²) in [5.74, 6) is 6.16. The molecule has 0 saturated heterocycles. The normalized spacial score (nSPS) is 46.5. The van der Waals surface area contributed by atoms with Crippen molar-refractivity contribution in [3.63, 3.8) is 0 Å². The van der Waals surface area contributed by atoms with E-state index in [4.69, 9.17) is 0 Å². The van der Waals surface area contributed by atoms with E-state index >= 15 is 0 Å². The van der Waals surface area contributed by atoms with E-state index in [1.165, 1.54) is 64.2 Å². The molecule has 2 nitrogen and oxygen atoms in total. The summed E-state index contributed by atoms with van der Waals surface area (Å²) in [5, 5.41) is 13.4. The summed E-state index contributed by atoms with van der Waals surface area (Å²) in [6.45, 7) is 17.4. The van der Waals surface area contributed by atoms with Crippen LogP contribution in [0.3, 0.4) is 0 Å². The van der Waals surface area contributed by atoms with E-state index in [-0.39, 0.29) is 5.41 Å². The van der Waals surface area contributed by atoms with Crippen LogP contribution in [-0.4, -0.2) is 10.9 Å². The van der Waals surface area contributed by atoms with Gasteiger partial charge in [0, 0.05) is 5.41 Å². The average Bonchev–Trinajstić information content (AvgIpc) is 3.04. The summed E-state index contributed by atoms with van der Waals surface area (Å²) in [4.78, 5) is 0. The molecule has 4 saturated carbocycles. The van der Waals surface area contributed by atoms with Gasteiger partial charge in [-0.05, 0) is 104 Å². The van der Waals surface area contributed by atoms with Crippen LogP contribution in [0.15, 0.2) is 5.16 Å². The molecule has 4 fully saturated rings. The lowest BCUT2D eigenvalue weighted by Crippen LogP contribution is -2.58. The predicted octanol–water partition coefficient (Wildman–Crippen LogP) is 8.57. The Labute approximate surface area is 193 Å². The Kier molecular flexibility index (Phi) is 6.37. The van der Waals surface area contributed by atoms with Crippen LogP contribution in [0.2, 0.25) is 0 Å². The predicted molar refractivity (Wildman–Crippen MR) is 131 cm³/mol. The van der Waals surface area contributed by atoms with E-state index in [1.54, 1.807) is 0 Å². The van der Waals surface area contributed by atoms with Crippen LogP contribution in [0, 0.1) is 57.7 Å². The van der Waals surface area contributed by atoms with Gasteiger partial charge in [-0.1, -0.05) is 72.9 Å². The fourth-order valence-electron chi connectivity index (χ4n) is 10.1. The first-order valence-electron chi connectivity index (χ1n) is 13.8. The van der Waals surface area contributed by atoms with E-state index < -0.39 is 0 Å². The molecule has 0 amide bonds. The van der Waals surface area contributed by atoms with Crippen LogP contribution in [-0.2, 0) is 0 Å².